The number of hydrogen-bond acceptors (Lipinski definition) is 4. The first kappa shape index (κ1) is 16.0. The molecule has 0 aliphatic rings. The van der Waals surface area contributed by atoms with Crippen molar-refractivity contribution < 1.29 is 19.4 Å². The van der Waals surface area contributed by atoms with Crippen LogP contribution in [0.15, 0.2) is 60.7 Å². The average molecular weight is 341 g/mol. The van der Waals surface area contributed by atoms with Crippen LogP contribution in [0.1, 0.15) is 20.7 Å². The van der Waals surface area contributed by atoms with Gasteiger partial charge in [-0.3, -0.25) is 4.79 Å². The minimum Gasteiger partial charge on any atom is -0.508 e. The maximum Gasteiger partial charge on any atom is 0.338 e. The summed E-state index contributed by atoms with van der Waals surface area (Å²) in [6.45, 7) is -0.339. The molecule has 1 N–H and O–H groups in total. The summed E-state index contributed by atoms with van der Waals surface area (Å²) in [5, 5.41) is 11.6. The molecule has 0 aromatic heterocycles. The lowest BCUT2D eigenvalue weighted by Crippen LogP contribution is -2.14. The number of hydrogen-bond donors (Lipinski definition) is 1. The Bertz CT molecular complexity index is 916. The highest BCUT2D eigenvalue weighted by Crippen LogP contribution is 2.21. The van der Waals surface area contributed by atoms with Crippen LogP contribution in [0, 0.1) is 0 Å². The molecule has 0 fully saturated rings. The van der Waals surface area contributed by atoms with E-state index in [1.165, 1.54) is 0 Å². The fraction of sp³-hybridized carbons (Fsp3) is 0.0526. The van der Waals surface area contributed by atoms with E-state index in [1.807, 2.05) is 0 Å². The molecule has 120 valence electrons. The summed E-state index contributed by atoms with van der Waals surface area (Å²) in [5.41, 5.74) is 0.776. The summed E-state index contributed by atoms with van der Waals surface area (Å²) in [5.74, 6) is -0.718. The third kappa shape index (κ3) is 3.55. The SMILES string of the molecule is O=C(COC(=O)c1ccc2cc(O)ccc2c1)c1ccc(Cl)cc1. The molecule has 0 saturated carbocycles. The van der Waals surface area contributed by atoms with Gasteiger partial charge in [-0.1, -0.05) is 23.7 Å². The van der Waals surface area contributed by atoms with Crippen LogP contribution in [0.4, 0.5) is 0 Å². The second kappa shape index (κ2) is 6.72. The Morgan fingerprint density at radius 3 is 2.25 bits per heavy atom. The van der Waals surface area contributed by atoms with Crippen molar-refractivity contribution in [1.82, 2.24) is 0 Å². The first-order valence-corrected chi connectivity index (χ1v) is 7.59. The van der Waals surface area contributed by atoms with Gasteiger partial charge in [-0.05, 0) is 59.3 Å². The highest BCUT2D eigenvalue weighted by Gasteiger charge is 2.12. The van der Waals surface area contributed by atoms with Crippen molar-refractivity contribution >= 4 is 34.1 Å². The van der Waals surface area contributed by atoms with Gasteiger partial charge in [-0.2, -0.15) is 0 Å². The first-order chi connectivity index (χ1) is 11.5. The number of rotatable bonds is 4. The summed E-state index contributed by atoms with van der Waals surface area (Å²) >= 11 is 5.77. The molecule has 0 atom stereocenters. The highest BCUT2D eigenvalue weighted by atomic mass is 35.5. The minimum atomic E-state index is -0.577. The molecule has 0 amide bonds. The van der Waals surface area contributed by atoms with Crippen LogP contribution in [0.3, 0.4) is 0 Å². The summed E-state index contributed by atoms with van der Waals surface area (Å²) < 4.78 is 5.08. The van der Waals surface area contributed by atoms with Gasteiger partial charge in [0.1, 0.15) is 5.75 Å². The molecule has 5 heteroatoms. The molecule has 0 radical (unpaired) electrons. The first-order valence-electron chi connectivity index (χ1n) is 7.21. The third-order valence-corrected chi connectivity index (χ3v) is 3.81. The molecule has 0 saturated heterocycles. The molecule has 3 rings (SSSR count). The van der Waals surface area contributed by atoms with Crippen molar-refractivity contribution in [1.29, 1.82) is 0 Å². The predicted molar refractivity (Wildman–Crippen MR) is 91.7 cm³/mol. The monoisotopic (exact) mass is 340 g/mol. The number of carbonyl (C=O) groups is 2. The van der Waals surface area contributed by atoms with E-state index in [1.54, 1.807) is 60.7 Å². The van der Waals surface area contributed by atoms with Gasteiger partial charge in [0.2, 0.25) is 0 Å². The van der Waals surface area contributed by atoms with Crippen molar-refractivity contribution in [3.8, 4) is 5.75 Å². The lowest BCUT2D eigenvalue weighted by Gasteiger charge is -2.06. The smallest absolute Gasteiger partial charge is 0.338 e. The van der Waals surface area contributed by atoms with Crippen LogP contribution in [0.5, 0.6) is 5.75 Å². The molecule has 0 heterocycles. The number of ether oxygens (including phenoxy) is 1. The zero-order valence-corrected chi connectivity index (χ0v) is 13.3. The molecule has 24 heavy (non-hydrogen) atoms. The van der Waals surface area contributed by atoms with E-state index in [9.17, 15) is 14.7 Å². The molecule has 0 bridgehead atoms. The molecule has 0 unspecified atom stereocenters. The molecule has 3 aromatic carbocycles. The second-order valence-electron chi connectivity index (χ2n) is 5.25. The van der Waals surface area contributed by atoms with E-state index in [2.05, 4.69) is 0 Å². The van der Waals surface area contributed by atoms with E-state index in [4.69, 9.17) is 16.3 Å². The maximum absolute atomic E-state index is 12.1. The van der Waals surface area contributed by atoms with Crippen LogP contribution in [-0.4, -0.2) is 23.5 Å². The molecule has 3 aromatic rings. The number of Topliss-reactive ketones (excluding diaryl/α,β-unsaturated/α-hetero) is 1. The van der Waals surface area contributed by atoms with Crippen LogP contribution in [-0.2, 0) is 4.74 Å². The Labute approximate surface area is 143 Å². The van der Waals surface area contributed by atoms with Crippen LogP contribution in [0.2, 0.25) is 5.02 Å². The summed E-state index contributed by atoms with van der Waals surface area (Å²) in [4.78, 5) is 24.1. The van der Waals surface area contributed by atoms with Crippen molar-refractivity contribution in [3.05, 3.63) is 76.8 Å². The zero-order chi connectivity index (χ0) is 17.1. The topological polar surface area (TPSA) is 63.6 Å². The van der Waals surface area contributed by atoms with Gasteiger partial charge in [0.05, 0.1) is 5.56 Å². The fourth-order valence-electron chi connectivity index (χ4n) is 2.29. The maximum atomic E-state index is 12.1. The number of ketones is 1. The lowest BCUT2D eigenvalue weighted by atomic mass is 10.1. The lowest BCUT2D eigenvalue weighted by molar-refractivity contribution is 0.0475. The zero-order valence-electron chi connectivity index (χ0n) is 12.5. The molecular formula is C19H13ClO4. The Morgan fingerprint density at radius 1 is 0.875 bits per heavy atom. The number of esters is 1. The Kier molecular flexibility index (Phi) is 4.49. The van der Waals surface area contributed by atoms with E-state index in [-0.39, 0.29) is 18.1 Å². The van der Waals surface area contributed by atoms with Gasteiger partial charge in [0, 0.05) is 10.6 Å². The van der Waals surface area contributed by atoms with Gasteiger partial charge >= 0.3 is 5.97 Å². The molecule has 0 aliphatic carbocycles. The van der Waals surface area contributed by atoms with Crippen molar-refractivity contribution in [3.63, 3.8) is 0 Å². The number of phenolic OH excluding ortho intramolecular Hbond substituents is 1. The highest BCUT2D eigenvalue weighted by molar-refractivity contribution is 6.30. The van der Waals surface area contributed by atoms with Crippen LogP contribution < -0.4 is 0 Å². The third-order valence-electron chi connectivity index (χ3n) is 3.56. The molecular weight excluding hydrogens is 328 g/mol. The van der Waals surface area contributed by atoms with Crippen molar-refractivity contribution in [2.24, 2.45) is 0 Å². The number of halogens is 1. The normalized spacial score (nSPS) is 10.5. The standard InChI is InChI=1S/C19H13ClO4/c20-16-6-3-12(4-7-16)18(22)11-24-19(23)15-2-1-14-10-17(21)8-5-13(14)9-15/h1-10,21H,11H2. The number of aromatic hydroxyl groups is 1. The number of phenols is 1. The Morgan fingerprint density at radius 2 is 1.50 bits per heavy atom. The second-order valence-corrected chi connectivity index (χ2v) is 5.69. The molecule has 4 nitrogen and oxygen atoms in total. The summed E-state index contributed by atoms with van der Waals surface area (Å²) in [7, 11) is 0. The molecule has 0 spiro atoms. The van der Waals surface area contributed by atoms with Gasteiger partial charge in [0.15, 0.2) is 12.4 Å². The quantitative estimate of drug-likeness (QED) is 0.570. The Balaban J connectivity index is 1.69. The van der Waals surface area contributed by atoms with Gasteiger partial charge in [0.25, 0.3) is 0 Å². The minimum absolute atomic E-state index is 0.159. The number of benzene rings is 3. The Hall–Kier alpha value is -2.85. The molecule has 0 aliphatic heterocycles. The van der Waals surface area contributed by atoms with Gasteiger partial charge in [-0.15, -0.1) is 0 Å². The van der Waals surface area contributed by atoms with E-state index in [0.29, 0.717) is 16.1 Å². The van der Waals surface area contributed by atoms with Gasteiger partial charge < -0.3 is 9.84 Å². The van der Waals surface area contributed by atoms with E-state index >= 15 is 0 Å². The predicted octanol–water partition coefficient (Wildman–Crippen LogP) is 4.24. The fourth-order valence-corrected chi connectivity index (χ4v) is 2.42. The van der Waals surface area contributed by atoms with E-state index in [0.717, 1.165) is 10.8 Å². The van der Waals surface area contributed by atoms with Crippen LogP contribution >= 0.6 is 11.6 Å². The van der Waals surface area contributed by atoms with Crippen LogP contribution in [0.25, 0.3) is 10.8 Å². The van der Waals surface area contributed by atoms with Gasteiger partial charge in [-0.25, -0.2) is 4.79 Å². The number of carbonyl (C=O) groups excluding carboxylic acids is 2. The summed E-state index contributed by atoms with van der Waals surface area (Å²) in [6, 6.07) is 16.2. The van der Waals surface area contributed by atoms with Crippen molar-refractivity contribution in [2.45, 2.75) is 0 Å². The van der Waals surface area contributed by atoms with Crippen molar-refractivity contribution in [2.75, 3.05) is 6.61 Å². The average Bonchev–Trinajstić information content (AvgIpc) is 2.59. The summed E-state index contributed by atoms with van der Waals surface area (Å²) in [6.07, 6.45) is 0. The number of fused-ring (bicyclic) bond motifs is 1. The largest absolute Gasteiger partial charge is 0.508 e. The van der Waals surface area contributed by atoms with E-state index < -0.39 is 5.97 Å².